The van der Waals surface area contributed by atoms with Crippen molar-refractivity contribution in [3.63, 3.8) is 0 Å². The van der Waals surface area contributed by atoms with Crippen LogP contribution in [0.4, 0.5) is 0 Å². The van der Waals surface area contributed by atoms with Gasteiger partial charge in [-0.05, 0) is 31.6 Å². The second-order valence-corrected chi connectivity index (χ2v) is 4.91. The van der Waals surface area contributed by atoms with Gasteiger partial charge < -0.3 is 10.4 Å². The van der Waals surface area contributed by atoms with Gasteiger partial charge in [0.15, 0.2) is 0 Å². The van der Waals surface area contributed by atoms with E-state index in [2.05, 4.69) is 5.32 Å². The van der Waals surface area contributed by atoms with Crippen LogP contribution in [0.2, 0.25) is 0 Å². The van der Waals surface area contributed by atoms with E-state index in [4.69, 9.17) is 5.11 Å². The van der Waals surface area contributed by atoms with Gasteiger partial charge in [0.25, 0.3) is 0 Å². The zero-order valence-corrected chi connectivity index (χ0v) is 10.6. The lowest BCUT2D eigenvalue weighted by Crippen LogP contribution is -2.39. The van der Waals surface area contributed by atoms with Crippen molar-refractivity contribution in [2.24, 2.45) is 0 Å². The molecule has 0 radical (unpaired) electrons. The Labute approximate surface area is 104 Å². The van der Waals surface area contributed by atoms with Crippen molar-refractivity contribution in [3.8, 4) is 0 Å². The standard InChI is InChI=1S/C12H15NO3S/c1-3-10(12(15)16)13-11(14)7-6-9-5-4-8(2)17-9/h4-7,10H,3H2,1-2H3,(H,13,14)(H,15,16)/t10-/m1/s1. The normalized spacial score (nSPS) is 12.6. The van der Waals surface area contributed by atoms with Crippen LogP contribution in [0.3, 0.4) is 0 Å². The number of rotatable bonds is 5. The van der Waals surface area contributed by atoms with Gasteiger partial charge in [-0.15, -0.1) is 11.3 Å². The topological polar surface area (TPSA) is 66.4 Å². The Hall–Kier alpha value is -1.62. The summed E-state index contributed by atoms with van der Waals surface area (Å²) in [7, 11) is 0. The number of carbonyl (C=O) groups excluding carboxylic acids is 1. The van der Waals surface area contributed by atoms with Gasteiger partial charge in [-0.1, -0.05) is 6.92 Å². The smallest absolute Gasteiger partial charge is 0.326 e. The van der Waals surface area contributed by atoms with Crippen molar-refractivity contribution in [1.29, 1.82) is 0 Å². The lowest BCUT2D eigenvalue weighted by molar-refractivity contribution is -0.141. The molecule has 17 heavy (non-hydrogen) atoms. The van der Waals surface area contributed by atoms with E-state index in [1.165, 1.54) is 11.0 Å². The second kappa shape index (κ2) is 6.20. The number of carbonyl (C=O) groups is 2. The summed E-state index contributed by atoms with van der Waals surface area (Å²) in [6.45, 7) is 3.70. The van der Waals surface area contributed by atoms with Gasteiger partial charge in [-0.2, -0.15) is 0 Å². The quantitative estimate of drug-likeness (QED) is 0.789. The molecule has 0 fully saturated rings. The zero-order chi connectivity index (χ0) is 12.8. The van der Waals surface area contributed by atoms with Crippen LogP contribution in [0, 0.1) is 6.92 Å². The maximum Gasteiger partial charge on any atom is 0.326 e. The summed E-state index contributed by atoms with van der Waals surface area (Å²) in [5.74, 6) is -1.40. The van der Waals surface area contributed by atoms with Gasteiger partial charge >= 0.3 is 5.97 Å². The van der Waals surface area contributed by atoms with E-state index in [0.29, 0.717) is 6.42 Å². The molecular weight excluding hydrogens is 238 g/mol. The van der Waals surface area contributed by atoms with E-state index < -0.39 is 12.0 Å². The van der Waals surface area contributed by atoms with E-state index in [-0.39, 0.29) is 5.91 Å². The van der Waals surface area contributed by atoms with Crippen LogP contribution in [0.1, 0.15) is 23.1 Å². The van der Waals surface area contributed by atoms with E-state index in [1.807, 2.05) is 19.1 Å². The molecule has 0 saturated heterocycles. The third-order valence-corrected chi connectivity index (χ3v) is 3.15. The van der Waals surface area contributed by atoms with E-state index in [0.717, 1.165) is 4.88 Å². The Kier molecular flexibility index (Phi) is 4.90. The molecule has 1 aromatic heterocycles. The fourth-order valence-corrected chi connectivity index (χ4v) is 2.04. The molecule has 1 aromatic rings. The molecular formula is C12H15NO3S. The zero-order valence-electron chi connectivity index (χ0n) is 9.77. The Balaban J connectivity index is 2.54. The minimum absolute atomic E-state index is 0.368. The Bertz CT molecular complexity index is 437. The van der Waals surface area contributed by atoms with Crippen molar-refractivity contribution < 1.29 is 14.7 Å². The molecule has 0 aromatic carbocycles. The fraction of sp³-hybridized carbons (Fsp3) is 0.333. The Morgan fingerprint density at radius 1 is 1.53 bits per heavy atom. The largest absolute Gasteiger partial charge is 0.480 e. The third kappa shape index (κ3) is 4.40. The molecule has 2 N–H and O–H groups in total. The van der Waals surface area contributed by atoms with E-state index in [9.17, 15) is 9.59 Å². The van der Waals surface area contributed by atoms with Gasteiger partial charge in [0.1, 0.15) is 6.04 Å². The van der Waals surface area contributed by atoms with Crippen LogP contribution in [0.15, 0.2) is 18.2 Å². The molecule has 1 amide bonds. The lowest BCUT2D eigenvalue weighted by atomic mass is 10.2. The molecule has 0 aliphatic carbocycles. The first kappa shape index (κ1) is 13.4. The number of carboxylic acids is 1. The van der Waals surface area contributed by atoms with Crippen molar-refractivity contribution in [2.75, 3.05) is 0 Å². The van der Waals surface area contributed by atoms with Gasteiger partial charge in [-0.25, -0.2) is 4.79 Å². The molecule has 0 bridgehead atoms. The molecule has 0 unspecified atom stereocenters. The molecule has 0 aliphatic rings. The Morgan fingerprint density at radius 2 is 2.24 bits per heavy atom. The number of hydrogen-bond donors (Lipinski definition) is 2. The predicted octanol–water partition coefficient (Wildman–Crippen LogP) is 2.05. The third-order valence-electron chi connectivity index (χ3n) is 2.18. The van der Waals surface area contributed by atoms with Crippen LogP contribution in [-0.2, 0) is 9.59 Å². The number of carboxylic acid groups (broad SMARTS) is 1. The van der Waals surface area contributed by atoms with Crippen LogP contribution >= 0.6 is 11.3 Å². The highest BCUT2D eigenvalue weighted by molar-refractivity contribution is 7.12. The predicted molar refractivity (Wildman–Crippen MR) is 67.9 cm³/mol. The van der Waals surface area contributed by atoms with Crippen LogP contribution in [-0.4, -0.2) is 23.0 Å². The first-order valence-electron chi connectivity index (χ1n) is 5.30. The van der Waals surface area contributed by atoms with Crippen molar-refractivity contribution in [2.45, 2.75) is 26.3 Å². The van der Waals surface area contributed by atoms with Gasteiger partial charge in [-0.3, -0.25) is 4.79 Å². The van der Waals surface area contributed by atoms with Crippen LogP contribution in [0.5, 0.6) is 0 Å². The summed E-state index contributed by atoms with van der Waals surface area (Å²) in [5, 5.41) is 11.2. The number of amides is 1. The lowest BCUT2D eigenvalue weighted by Gasteiger charge is -2.09. The average Bonchev–Trinajstić information content (AvgIpc) is 2.68. The number of hydrogen-bond acceptors (Lipinski definition) is 3. The average molecular weight is 253 g/mol. The summed E-state index contributed by atoms with van der Waals surface area (Å²) in [4.78, 5) is 24.3. The molecule has 1 heterocycles. The van der Waals surface area contributed by atoms with Crippen molar-refractivity contribution in [3.05, 3.63) is 28.0 Å². The van der Waals surface area contributed by atoms with Gasteiger partial charge in [0, 0.05) is 15.8 Å². The maximum atomic E-state index is 11.4. The number of aliphatic carboxylic acids is 1. The van der Waals surface area contributed by atoms with Crippen LogP contribution in [0.25, 0.3) is 6.08 Å². The first-order chi connectivity index (χ1) is 8.02. The summed E-state index contributed by atoms with van der Waals surface area (Å²) in [6.07, 6.45) is 3.41. The van der Waals surface area contributed by atoms with Gasteiger partial charge in [0.05, 0.1) is 0 Å². The van der Waals surface area contributed by atoms with Crippen molar-refractivity contribution >= 4 is 29.3 Å². The van der Waals surface area contributed by atoms with E-state index >= 15 is 0 Å². The molecule has 0 saturated carbocycles. The monoisotopic (exact) mass is 253 g/mol. The highest BCUT2D eigenvalue weighted by Gasteiger charge is 2.15. The molecule has 92 valence electrons. The van der Waals surface area contributed by atoms with Gasteiger partial charge in [0.2, 0.25) is 5.91 Å². The highest BCUT2D eigenvalue weighted by Crippen LogP contribution is 2.16. The van der Waals surface area contributed by atoms with E-state index in [1.54, 1.807) is 24.3 Å². The molecule has 1 atom stereocenters. The summed E-state index contributed by atoms with van der Waals surface area (Å²) < 4.78 is 0. The molecule has 0 aliphatic heterocycles. The maximum absolute atomic E-state index is 11.4. The van der Waals surface area contributed by atoms with Crippen molar-refractivity contribution in [1.82, 2.24) is 5.32 Å². The molecule has 4 nitrogen and oxygen atoms in total. The minimum atomic E-state index is -1.01. The molecule has 5 heteroatoms. The fourth-order valence-electron chi connectivity index (χ4n) is 1.26. The second-order valence-electron chi connectivity index (χ2n) is 3.59. The summed E-state index contributed by atoms with van der Waals surface area (Å²) in [6, 6.07) is 3.06. The number of nitrogens with one attached hydrogen (secondary N) is 1. The minimum Gasteiger partial charge on any atom is -0.480 e. The first-order valence-corrected chi connectivity index (χ1v) is 6.12. The number of aryl methyl sites for hydroxylation is 1. The SMILES string of the molecule is CC[C@@H](NC(=O)C=Cc1ccc(C)s1)C(=O)O. The highest BCUT2D eigenvalue weighted by atomic mass is 32.1. The summed E-state index contributed by atoms with van der Waals surface area (Å²) in [5.41, 5.74) is 0. The Morgan fingerprint density at radius 3 is 2.71 bits per heavy atom. The molecule has 1 rings (SSSR count). The number of thiophene rings is 1. The summed E-state index contributed by atoms with van der Waals surface area (Å²) >= 11 is 1.58. The molecule has 0 spiro atoms. The van der Waals surface area contributed by atoms with Crippen LogP contribution < -0.4 is 5.32 Å².